The molecule has 0 unspecified atom stereocenters. The van der Waals surface area contributed by atoms with Crippen LogP contribution in [0.2, 0.25) is 5.15 Å². The molecule has 66 valence electrons. The summed E-state index contributed by atoms with van der Waals surface area (Å²) in [6.45, 7) is 0. The molecule has 0 aliphatic carbocycles. The first-order chi connectivity index (χ1) is 6.29. The minimum Gasteiger partial charge on any atom is -0.472 e. The van der Waals surface area contributed by atoms with E-state index in [9.17, 15) is 0 Å². The van der Waals surface area contributed by atoms with E-state index < -0.39 is 0 Å². The van der Waals surface area contributed by atoms with Crippen molar-refractivity contribution in [3.05, 3.63) is 36.0 Å². The standard InChI is InChI=1S/C9H7ClN2O/c10-9-8(6-2-4-13-5-6)7(11)1-3-12-9/h1-5H,(H2,11,12). The summed E-state index contributed by atoms with van der Waals surface area (Å²) in [5.74, 6) is 0. The van der Waals surface area contributed by atoms with Crippen molar-refractivity contribution in [3.63, 3.8) is 0 Å². The highest BCUT2D eigenvalue weighted by Gasteiger charge is 2.08. The lowest BCUT2D eigenvalue weighted by Crippen LogP contribution is -1.91. The molecule has 0 radical (unpaired) electrons. The van der Waals surface area contributed by atoms with Crippen LogP contribution in [0.25, 0.3) is 11.1 Å². The predicted molar refractivity (Wildman–Crippen MR) is 51.4 cm³/mol. The SMILES string of the molecule is Nc1ccnc(Cl)c1-c1ccoc1. The fourth-order valence-electron chi connectivity index (χ4n) is 1.14. The van der Waals surface area contributed by atoms with E-state index in [4.69, 9.17) is 21.8 Å². The van der Waals surface area contributed by atoms with Crippen LogP contribution in [0.4, 0.5) is 5.69 Å². The molecule has 0 aromatic carbocycles. The first kappa shape index (κ1) is 8.13. The Morgan fingerprint density at radius 1 is 1.38 bits per heavy atom. The van der Waals surface area contributed by atoms with Crippen molar-refractivity contribution in [1.29, 1.82) is 0 Å². The maximum atomic E-state index is 5.89. The van der Waals surface area contributed by atoms with E-state index in [-0.39, 0.29) is 0 Å². The van der Waals surface area contributed by atoms with Gasteiger partial charge in [0.15, 0.2) is 0 Å². The molecule has 2 aromatic rings. The molecule has 2 aromatic heterocycles. The molecular formula is C9H7ClN2O. The van der Waals surface area contributed by atoms with Crippen molar-refractivity contribution in [3.8, 4) is 11.1 Å². The van der Waals surface area contributed by atoms with Crippen LogP contribution in [0.15, 0.2) is 35.3 Å². The number of nitrogens with two attached hydrogens (primary N) is 1. The third kappa shape index (κ3) is 1.38. The summed E-state index contributed by atoms with van der Waals surface area (Å²) in [6, 6.07) is 3.49. The van der Waals surface area contributed by atoms with Crippen molar-refractivity contribution in [2.24, 2.45) is 0 Å². The van der Waals surface area contributed by atoms with Gasteiger partial charge in [-0.05, 0) is 12.1 Å². The summed E-state index contributed by atoms with van der Waals surface area (Å²) in [5.41, 5.74) is 7.91. The molecule has 2 N–H and O–H groups in total. The van der Waals surface area contributed by atoms with Gasteiger partial charge in [0.1, 0.15) is 5.15 Å². The Labute approximate surface area is 80.1 Å². The van der Waals surface area contributed by atoms with Crippen molar-refractivity contribution in [2.45, 2.75) is 0 Å². The molecule has 3 nitrogen and oxygen atoms in total. The summed E-state index contributed by atoms with van der Waals surface area (Å²) in [4.78, 5) is 3.94. The van der Waals surface area contributed by atoms with Crippen LogP contribution >= 0.6 is 11.6 Å². The van der Waals surface area contributed by atoms with E-state index in [0.717, 1.165) is 11.1 Å². The number of nitrogen functional groups attached to an aromatic ring is 1. The second-order valence-electron chi connectivity index (χ2n) is 2.58. The predicted octanol–water partition coefficient (Wildman–Crippen LogP) is 2.58. The Bertz CT molecular complexity index is 391. The molecule has 0 amide bonds. The van der Waals surface area contributed by atoms with Crippen LogP contribution in [0.5, 0.6) is 0 Å². The highest BCUT2D eigenvalue weighted by Crippen LogP contribution is 2.31. The van der Waals surface area contributed by atoms with Gasteiger partial charge in [-0.1, -0.05) is 11.6 Å². The van der Waals surface area contributed by atoms with Gasteiger partial charge in [0.2, 0.25) is 0 Å². The second kappa shape index (κ2) is 3.11. The van der Waals surface area contributed by atoms with E-state index in [0.29, 0.717) is 10.8 Å². The number of rotatable bonds is 1. The van der Waals surface area contributed by atoms with E-state index >= 15 is 0 Å². The Kier molecular flexibility index (Phi) is 1.94. The van der Waals surface area contributed by atoms with E-state index in [2.05, 4.69) is 4.98 Å². The van der Waals surface area contributed by atoms with Crippen molar-refractivity contribution >= 4 is 17.3 Å². The summed E-state index contributed by atoms with van der Waals surface area (Å²) in [7, 11) is 0. The van der Waals surface area contributed by atoms with Gasteiger partial charge in [0.25, 0.3) is 0 Å². The van der Waals surface area contributed by atoms with Crippen molar-refractivity contribution in [1.82, 2.24) is 4.98 Å². The summed E-state index contributed by atoms with van der Waals surface area (Å²) < 4.78 is 4.94. The first-order valence-electron chi connectivity index (χ1n) is 3.71. The van der Waals surface area contributed by atoms with Crippen molar-refractivity contribution < 1.29 is 4.42 Å². The van der Waals surface area contributed by atoms with Gasteiger partial charge in [0.05, 0.1) is 12.5 Å². The second-order valence-corrected chi connectivity index (χ2v) is 2.94. The van der Waals surface area contributed by atoms with Crippen molar-refractivity contribution in [2.75, 3.05) is 5.73 Å². The lowest BCUT2D eigenvalue weighted by molar-refractivity contribution is 0.568. The highest BCUT2D eigenvalue weighted by atomic mass is 35.5. The Morgan fingerprint density at radius 2 is 2.23 bits per heavy atom. The topological polar surface area (TPSA) is 52.0 Å². The number of anilines is 1. The van der Waals surface area contributed by atoms with E-state index in [1.54, 1.807) is 30.9 Å². The minimum absolute atomic E-state index is 0.390. The smallest absolute Gasteiger partial charge is 0.139 e. The normalized spacial score (nSPS) is 10.2. The number of furan rings is 1. The first-order valence-corrected chi connectivity index (χ1v) is 4.09. The zero-order valence-electron chi connectivity index (χ0n) is 6.70. The average Bonchev–Trinajstić information content (AvgIpc) is 2.57. The lowest BCUT2D eigenvalue weighted by Gasteiger charge is -2.03. The van der Waals surface area contributed by atoms with Gasteiger partial charge in [-0.25, -0.2) is 4.98 Å². The van der Waals surface area contributed by atoms with Crippen LogP contribution in [-0.4, -0.2) is 4.98 Å². The molecule has 0 saturated heterocycles. The number of hydrogen-bond acceptors (Lipinski definition) is 3. The van der Waals surface area contributed by atoms with Gasteiger partial charge in [-0.15, -0.1) is 0 Å². The summed E-state index contributed by atoms with van der Waals surface area (Å²) in [6.07, 6.45) is 4.72. The van der Waals surface area contributed by atoms with Crippen LogP contribution in [0.3, 0.4) is 0 Å². The van der Waals surface area contributed by atoms with Crippen LogP contribution in [0, 0.1) is 0 Å². The number of nitrogens with zero attached hydrogens (tertiary/aromatic N) is 1. The number of pyridine rings is 1. The molecule has 0 spiro atoms. The quantitative estimate of drug-likeness (QED) is 0.710. The molecule has 0 aliphatic rings. The third-order valence-electron chi connectivity index (χ3n) is 1.75. The number of hydrogen-bond donors (Lipinski definition) is 1. The van der Waals surface area contributed by atoms with E-state index in [1.807, 2.05) is 0 Å². The number of aromatic nitrogens is 1. The van der Waals surface area contributed by atoms with Crippen LogP contribution in [-0.2, 0) is 0 Å². The molecule has 4 heteroatoms. The van der Waals surface area contributed by atoms with Crippen LogP contribution < -0.4 is 5.73 Å². The zero-order chi connectivity index (χ0) is 9.26. The van der Waals surface area contributed by atoms with E-state index in [1.165, 1.54) is 0 Å². The Morgan fingerprint density at radius 3 is 2.85 bits per heavy atom. The summed E-state index contributed by atoms with van der Waals surface area (Å²) in [5, 5.41) is 0.390. The van der Waals surface area contributed by atoms with Gasteiger partial charge < -0.3 is 10.2 Å². The fraction of sp³-hybridized carbons (Fsp3) is 0. The Balaban J connectivity index is 2.64. The van der Waals surface area contributed by atoms with Gasteiger partial charge in [0, 0.05) is 23.0 Å². The number of halogens is 1. The maximum Gasteiger partial charge on any atom is 0.139 e. The molecule has 2 heterocycles. The summed E-state index contributed by atoms with van der Waals surface area (Å²) >= 11 is 5.89. The fourth-order valence-corrected chi connectivity index (χ4v) is 1.42. The maximum absolute atomic E-state index is 5.89. The molecule has 0 bridgehead atoms. The molecule has 2 rings (SSSR count). The average molecular weight is 195 g/mol. The molecule has 0 atom stereocenters. The minimum atomic E-state index is 0.390. The molecule has 0 fully saturated rings. The Hall–Kier alpha value is -1.48. The molecular weight excluding hydrogens is 188 g/mol. The van der Waals surface area contributed by atoms with Gasteiger partial charge >= 0.3 is 0 Å². The highest BCUT2D eigenvalue weighted by molar-refractivity contribution is 6.32. The molecule has 0 saturated carbocycles. The van der Waals surface area contributed by atoms with Gasteiger partial charge in [-0.2, -0.15) is 0 Å². The largest absolute Gasteiger partial charge is 0.472 e. The monoisotopic (exact) mass is 194 g/mol. The third-order valence-corrected chi connectivity index (χ3v) is 2.03. The van der Waals surface area contributed by atoms with Crippen LogP contribution in [0.1, 0.15) is 0 Å². The van der Waals surface area contributed by atoms with Gasteiger partial charge in [-0.3, -0.25) is 0 Å². The molecule has 13 heavy (non-hydrogen) atoms. The zero-order valence-corrected chi connectivity index (χ0v) is 7.45. The lowest BCUT2D eigenvalue weighted by atomic mass is 10.1. The molecule has 0 aliphatic heterocycles.